The Morgan fingerprint density at radius 1 is 1.22 bits per heavy atom. The first-order valence-corrected chi connectivity index (χ1v) is 5.57. The Balaban J connectivity index is 1.96. The van der Waals surface area contributed by atoms with E-state index in [0.717, 1.165) is 11.3 Å². The zero-order valence-corrected chi connectivity index (χ0v) is 10.00. The maximum atomic E-state index is 11.7. The average Bonchev–Trinajstić information content (AvgIpc) is 2.40. The zero-order chi connectivity index (χ0) is 12.8. The van der Waals surface area contributed by atoms with Crippen LogP contribution in [-0.4, -0.2) is 17.1 Å². The molecule has 18 heavy (non-hydrogen) atoms. The van der Waals surface area contributed by atoms with Gasteiger partial charge in [0.1, 0.15) is 0 Å². The van der Waals surface area contributed by atoms with E-state index >= 15 is 0 Å². The molecule has 0 saturated carbocycles. The van der Waals surface area contributed by atoms with Crippen molar-refractivity contribution < 1.29 is 4.79 Å². The van der Waals surface area contributed by atoms with Crippen LogP contribution in [0.3, 0.4) is 0 Å². The number of hydrogen-bond donors (Lipinski definition) is 1. The van der Waals surface area contributed by atoms with Crippen molar-refractivity contribution in [1.29, 1.82) is 0 Å². The predicted molar refractivity (Wildman–Crippen MR) is 70.5 cm³/mol. The molecular weight excluding hydrogens is 226 g/mol. The summed E-state index contributed by atoms with van der Waals surface area (Å²) in [5.74, 6) is -0.269. The first-order valence-electron chi connectivity index (χ1n) is 5.57. The molecule has 0 aliphatic carbocycles. The van der Waals surface area contributed by atoms with Crippen molar-refractivity contribution in [2.45, 2.75) is 6.92 Å². The van der Waals surface area contributed by atoms with Crippen molar-refractivity contribution >= 4 is 12.1 Å². The van der Waals surface area contributed by atoms with E-state index < -0.39 is 0 Å². The number of nitrogens with zero attached hydrogens (tertiary/aromatic N) is 2. The van der Waals surface area contributed by atoms with Gasteiger partial charge in [0.25, 0.3) is 5.91 Å². The molecule has 0 spiro atoms. The number of aromatic nitrogens is 1. The molecule has 4 nitrogen and oxygen atoms in total. The summed E-state index contributed by atoms with van der Waals surface area (Å²) in [5.41, 5.74) is 4.75. The lowest BCUT2D eigenvalue weighted by Crippen LogP contribution is -2.17. The highest BCUT2D eigenvalue weighted by Crippen LogP contribution is 1.99. The molecule has 1 aromatic carbocycles. The molecule has 0 bridgehead atoms. The second-order valence-corrected chi connectivity index (χ2v) is 3.80. The summed E-state index contributed by atoms with van der Waals surface area (Å²) in [6, 6.07) is 13.1. The molecular formula is C14H13N3O. The van der Waals surface area contributed by atoms with E-state index in [1.54, 1.807) is 18.3 Å². The Bertz CT molecular complexity index is 547. The van der Waals surface area contributed by atoms with Gasteiger partial charge in [-0.05, 0) is 24.6 Å². The van der Waals surface area contributed by atoms with E-state index in [9.17, 15) is 4.79 Å². The summed E-state index contributed by atoms with van der Waals surface area (Å²) in [7, 11) is 0. The van der Waals surface area contributed by atoms with Gasteiger partial charge in [0.05, 0.1) is 11.8 Å². The Hall–Kier alpha value is -2.49. The van der Waals surface area contributed by atoms with Crippen molar-refractivity contribution in [3.05, 3.63) is 65.5 Å². The molecule has 1 amide bonds. The van der Waals surface area contributed by atoms with Crippen LogP contribution in [0.15, 0.2) is 53.8 Å². The van der Waals surface area contributed by atoms with Gasteiger partial charge in [0.15, 0.2) is 0 Å². The molecule has 0 fully saturated rings. The monoisotopic (exact) mass is 239 g/mol. The molecule has 0 unspecified atom stereocenters. The van der Waals surface area contributed by atoms with E-state index in [4.69, 9.17) is 0 Å². The SMILES string of the molecule is Cc1ccc(C(=O)N/N=C/c2ccccc2)cn1. The van der Waals surface area contributed by atoms with Crippen molar-refractivity contribution in [2.24, 2.45) is 5.10 Å². The number of nitrogens with one attached hydrogen (secondary N) is 1. The molecule has 4 heteroatoms. The van der Waals surface area contributed by atoms with Crippen LogP contribution in [0.4, 0.5) is 0 Å². The van der Waals surface area contributed by atoms with Crippen LogP contribution in [0, 0.1) is 6.92 Å². The van der Waals surface area contributed by atoms with Crippen LogP contribution < -0.4 is 5.43 Å². The smallest absolute Gasteiger partial charge is 0.267 e. The second-order valence-electron chi connectivity index (χ2n) is 3.80. The van der Waals surface area contributed by atoms with Crippen molar-refractivity contribution in [3.63, 3.8) is 0 Å². The fourth-order valence-corrected chi connectivity index (χ4v) is 1.37. The fourth-order valence-electron chi connectivity index (χ4n) is 1.37. The third kappa shape index (κ3) is 3.25. The third-order valence-corrected chi connectivity index (χ3v) is 2.35. The van der Waals surface area contributed by atoms with E-state index in [2.05, 4.69) is 15.5 Å². The first-order chi connectivity index (χ1) is 8.75. The molecule has 1 aromatic heterocycles. The van der Waals surface area contributed by atoms with Gasteiger partial charge in [0.2, 0.25) is 0 Å². The Kier molecular flexibility index (Phi) is 3.81. The fraction of sp³-hybridized carbons (Fsp3) is 0.0714. The summed E-state index contributed by atoms with van der Waals surface area (Å²) < 4.78 is 0. The largest absolute Gasteiger partial charge is 0.272 e. The summed E-state index contributed by atoms with van der Waals surface area (Å²) in [6.45, 7) is 1.87. The normalized spacial score (nSPS) is 10.5. The molecule has 1 heterocycles. The van der Waals surface area contributed by atoms with Crippen LogP contribution in [0.5, 0.6) is 0 Å². The van der Waals surface area contributed by atoms with Crippen LogP contribution in [0.1, 0.15) is 21.6 Å². The number of aryl methyl sites for hydroxylation is 1. The van der Waals surface area contributed by atoms with E-state index in [-0.39, 0.29) is 5.91 Å². The lowest BCUT2D eigenvalue weighted by Gasteiger charge is -1.99. The first kappa shape index (κ1) is 12.0. The van der Waals surface area contributed by atoms with Gasteiger partial charge in [-0.1, -0.05) is 30.3 Å². The summed E-state index contributed by atoms with van der Waals surface area (Å²) in [5, 5.41) is 3.89. The second kappa shape index (κ2) is 5.72. The minimum Gasteiger partial charge on any atom is -0.267 e. The van der Waals surface area contributed by atoms with E-state index in [1.807, 2.05) is 37.3 Å². The number of rotatable bonds is 3. The molecule has 0 saturated heterocycles. The van der Waals surface area contributed by atoms with Gasteiger partial charge in [0, 0.05) is 11.9 Å². The van der Waals surface area contributed by atoms with Crippen molar-refractivity contribution in [2.75, 3.05) is 0 Å². The molecule has 2 aromatic rings. The van der Waals surface area contributed by atoms with Crippen LogP contribution in [0.25, 0.3) is 0 Å². The number of hydrazone groups is 1. The standard InChI is InChI=1S/C14H13N3O/c1-11-7-8-13(10-15-11)14(18)17-16-9-12-5-3-2-4-6-12/h2-10H,1H3,(H,17,18)/b16-9+. The van der Waals surface area contributed by atoms with Crippen LogP contribution in [-0.2, 0) is 0 Å². The van der Waals surface area contributed by atoms with E-state index in [0.29, 0.717) is 5.56 Å². The number of carbonyl (C=O) groups is 1. The highest BCUT2D eigenvalue weighted by molar-refractivity contribution is 5.94. The maximum absolute atomic E-state index is 11.7. The molecule has 0 aliphatic rings. The number of hydrogen-bond acceptors (Lipinski definition) is 3. The Labute approximate surface area is 105 Å². The third-order valence-electron chi connectivity index (χ3n) is 2.35. The van der Waals surface area contributed by atoms with Crippen molar-refractivity contribution in [1.82, 2.24) is 10.4 Å². The lowest BCUT2D eigenvalue weighted by molar-refractivity contribution is 0.0955. The molecule has 1 N–H and O–H groups in total. The van der Waals surface area contributed by atoms with Gasteiger partial charge in [-0.25, -0.2) is 5.43 Å². The minimum atomic E-state index is -0.269. The van der Waals surface area contributed by atoms with E-state index in [1.165, 1.54) is 6.20 Å². The van der Waals surface area contributed by atoms with Crippen LogP contribution in [0.2, 0.25) is 0 Å². The number of benzene rings is 1. The Morgan fingerprint density at radius 3 is 2.67 bits per heavy atom. The molecule has 0 radical (unpaired) electrons. The topological polar surface area (TPSA) is 54.4 Å². The molecule has 0 aliphatic heterocycles. The quantitative estimate of drug-likeness (QED) is 0.659. The Morgan fingerprint density at radius 2 is 2.00 bits per heavy atom. The van der Waals surface area contributed by atoms with Gasteiger partial charge >= 0.3 is 0 Å². The average molecular weight is 239 g/mol. The molecule has 0 atom stereocenters. The zero-order valence-electron chi connectivity index (χ0n) is 10.00. The molecule has 90 valence electrons. The van der Waals surface area contributed by atoms with Gasteiger partial charge in [-0.15, -0.1) is 0 Å². The van der Waals surface area contributed by atoms with Gasteiger partial charge in [-0.3, -0.25) is 9.78 Å². The maximum Gasteiger partial charge on any atom is 0.272 e. The number of carbonyl (C=O) groups excluding carboxylic acids is 1. The van der Waals surface area contributed by atoms with Gasteiger partial charge in [-0.2, -0.15) is 5.10 Å². The number of amides is 1. The van der Waals surface area contributed by atoms with Crippen LogP contribution >= 0.6 is 0 Å². The van der Waals surface area contributed by atoms with Crippen molar-refractivity contribution in [3.8, 4) is 0 Å². The van der Waals surface area contributed by atoms with Gasteiger partial charge < -0.3 is 0 Å². The minimum absolute atomic E-state index is 0.269. The molecule has 2 rings (SSSR count). The highest BCUT2D eigenvalue weighted by atomic mass is 16.2. The summed E-state index contributed by atoms with van der Waals surface area (Å²) in [6.07, 6.45) is 3.13. The number of pyridine rings is 1. The summed E-state index contributed by atoms with van der Waals surface area (Å²) >= 11 is 0. The predicted octanol–water partition coefficient (Wildman–Crippen LogP) is 2.15. The summed E-state index contributed by atoms with van der Waals surface area (Å²) in [4.78, 5) is 15.7. The lowest BCUT2D eigenvalue weighted by atomic mass is 10.2. The highest BCUT2D eigenvalue weighted by Gasteiger charge is 2.03.